The van der Waals surface area contributed by atoms with E-state index in [4.69, 9.17) is 18.9 Å². The van der Waals surface area contributed by atoms with E-state index >= 15 is 0 Å². The number of thiazole rings is 1. The Morgan fingerprint density at radius 1 is 0.933 bits per heavy atom. The number of aromatic nitrogens is 1. The normalized spacial score (nSPS) is 10.3. The predicted octanol–water partition coefficient (Wildman–Crippen LogP) is 4.17. The van der Waals surface area contributed by atoms with Crippen LogP contribution in [0.25, 0.3) is 11.3 Å². The van der Waals surface area contributed by atoms with Gasteiger partial charge in [0.2, 0.25) is 0 Å². The van der Waals surface area contributed by atoms with Crippen LogP contribution in [-0.2, 0) is 6.54 Å². The number of nitrogens with one attached hydrogen (secondary N) is 2. The van der Waals surface area contributed by atoms with E-state index in [0.717, 1.165) is 11.1 Å². The van der Waals surface area contributed by atoms with E-state index in [9.17, 15) is 4.79 Å². The highest BCUT2D eigenvalue weighted by Crippen LogP contribution is 2.35. The largest absolute Gasteiger partial charge is 0.497 e. The van der Waals surface area contributed by atoms with Crippen LogP contribution in [0.15, 0.2) is 41.8 Å². The molecule has 0 unspecified atom stereocenters. The maximum atomic E-state index is 12.3. The number of rotatable bonds is 8. The fourth-order valence-electron chi connectivity index (χ4n) is 2.78. The second-order valence-corrected chi connectivity index (χ2v) is 6.96. The Kier molecular flexibility index (Phi) is 6.97. The summed E-state index contributed by atoms with van der Waals surface area (Å²) in [6.45, 7) is 0.328. The van der Waals surface area contributed by atoms with Gasteiger partial charge >= 0.3 is 6.03 Å². The maximum Gasteiger partial charge on any atom is 0.321 e. The molecule has 0 saturated carbocycles. The molecule has 0 saturated heterocycles. The Balaban J connectivity index is 1.64. The summed E-state index contributed by atoms with van der Waals surface area (Å²) in [5, 5.41) is 7.87. The van der Waals surface area contributed by atoms with E-state index in [0.29, 0.717) is 40.4 Å². The second kappa shape index (κ2) is 9.84. The number of benzene rings is 2. The predicted molar refractivity (Wildman–Crippen MR) is 116 cm³/mol. The van der Waals surface area contributed by atoms with Crippen molar-refractivity contribution in [1.29, 1.82) is 0 Å². The van der Waals surface area contributed by atoms with Crippen LogP contribution in [0.2, 0.25) is 0 Å². The van der Waals surface area contributed by atoms with Crippen LogP contribution >= 0.6 is 11.3 Å². The molecule has 2 N–H and O–H groups in total. The van der Waals surface area contributed by atoms with Crippen molar-refractivity contribution < 1.29 is 23.7 Å². The van der Waals surface area contributed by atoms with Gasteiger partial charge in [0.25, 0.3) is 0 Å². The van der Waals surface area contributed by atoms with E-state index in [2.05, 4.69) is 15.6 Å². The lowest BCUT2D eigenvalue weighted by Crippen LogP contribution is -2.28. The van der Waals surface area contributed by atoms with Crippen LogP contribution < -0.4 is 29.6 Å². The minimum atomic E-state index is -0.358. The van der Waals surface area contributed by atoms with Gasteiger partial charge in [0, 0.05) is 17.5 Å². The van der Waals surface area contributed by atoms with Gasteiger partial charge in [0.15, 0.2) is 16.6 Å². The second-order valence-electron chi connectivity index (χ2n) is 6.10. The zero-order chi connectivity index (χ0) is 21.5. The van der Waals surface area contributed by atoms with Crippen LogP contribution in [0.3, 0.4) is 0 Å². The van der Waals surface area contributed by atoms with Crippen molar-refractivity contribution in [3.63, 3.8) is 0 Å². The van der Waals surface area contributed by atoms with Gasteiger partial charge in [-0.15, -0.1) is 11.3 Å². The van der Waals surface area contributed by atoms with Crippen molar-refractivity contribution in [1.82, 2.24) is 10.3 Å². The fraction of sp³-hybridized carbons (Fsp3) is 0.238. The third kappa shape index (κ3) is 4.93. The number of carbonyl (C=O) groups is 1. The Morgan fingerprint density at radius 3 is 2.37 bits per heavy atom. The average molecular weight is 429 g/mol. The molecule has 9 heteroatoms. The Morgan fingerprint density at radius 2 is 1.67 bits per heavy atom. The van der Waals surface area contributed by atoms with Crippen LogP contribution in [0.1, 0.15) is 5.56 Å². The molecular weight excluding hydrogens is 406 g/mol. The number of anilines is 1. The summed E-state index contributed by atoms with van der Waals surface area (Å²) in [6, 6.07) is 10.6. The molecule has 1 heterocycles. The first-order valence-electron chi connectivity index (χ1n) is 9.01. The molecule has 8 nitrogen and oxygen atoms in total. The topological polar surface area (TPSA) is 90.9 Å². The van der Waals surface area contributed by atoms with Gasteiger partial charge in [-0.3, -0.25) is 5.32 Å². The molecule has 2 amide bonds. The first-order valence-corrected chi connectivity index (χ1v) is 9.89. The van der Waals surface area contributed by atoms with Gasteiger partial charge < -0.3 is 24.3 Å². The van der Waals surface area contributed by atoms with E-state index < -0.39 is 0 Å². The monoisotopic (exact) mass is 429 g/mol. The first kappa shape index (κ1) is 21.3. The van der Waals surface area contributed by atoms with Crippen molar-refractivity contribution in [2.75, 3.05) is 33.8 Å². The summed E-state index contributed by atoms with van der Waals surface area (Å²) in [5.74, 6) is 2.61. The van der Waals surface area contributed by atoms with Crippen LogP contribution in [0, 0.1) is 0 Å². The SMILES string of the molecule is COc1ccc(OC)c(-c2csc(NC(=O)NCc3ccc(OC)c(OC)c3)n2)c1. The summed E-state index contributed by atoms with van der Waals surface area (Å²) in [6.07, 6.45) is 0. The number of hydrogen-bond donors (Lipinski definition) is 2. The van der Waals surface area contributed by atoms with Crippen molar-refractivity contribution in [2.45, 2.75) is 6.54 Å². The van der Waals surface area contributed by atoms with Crippen molar-refractivity contribution in [3.8, 4) is 34.3 Å². The van der Waals surface area contributed by atoms with E-state index in [1.165, 1.54) is 11.3 Å². The van der Waals surface area contributed by atoms with Gasteiger partial charge in [-0.25, -0.2) is 9.78 Å². The molecule has 0 fully saturated rings. The molecule has 1 aromatic heterocycles. The zero-order valence-electron chi connectivity index (χ0n) is 17.1. The summed E-state index contributed by atoms with van der Waals surface area (Å²) in [5.41, 5.74) is 2.35. The molecule has 0 atom stereocenters. The van der Waals surface area contributed by atoms with Crippen molar-refractivity contribution in [3.05, 3.63) is 47.3 Å². The number of methoxy groups -OCH3 is 4. The third-order valence-corrected chi connectivity index (χ3v) is 5.07. The van der Waals surface area contributed by atoms with Gasteiger partial charge in [-0.05, 0) is 35.9 Å². The highest BCUT2D eigenvalue weighted by Gasteiger charge is 2.13. The molecular formula is C21H23N3O5S. The summed E-state index contributed by atoms with van der Waals surface area (Å²) >= 11 is 1.32. The molecule has 0 aliphatic heterocycles. The van der Waals surface area contributed by atoms with Crippen molar-refractivity contribution in [2.24, 2.45) is 0 Å². The van der Waals surface area contributed by atoms with Crippen LogP contribution in [-0.4, -0.2) is 39.5 Å². The quantitative estimate of drug-likeness (QED) is 0.559. The molecule has 2 aromatic carbocycles. The summed E-state index contributed by atoms with van der Waals surface area (Å²) < 4.78 is 21.2. The number of nitrogens with zero attached hydrogens (tertiary/aromatic N) is 1. The smallest absolute Gasteiger partial charge is 0.321 e. The number of carbonyl (C=O) groups excluding carboxylic acids is 1. The standard InChI is InChI=1S/C21H23N3O5S/c1-26-14-6-8-17(27-2)15(10-14)16-12-30-21(23-16)24-20(25)22-11-13-5-7-18(28-3)19(9-13)29-4/h5-10,12H,11H2,1-4H3,(H2,22,23,24,25). The van der Waals surface area contributed by atoms with Gasteiger partial charge in [-0.2, -0.15) is 0 Å². The lowest BCUT2D eigenvalue weighted by molar-refractivity contribution is 0.251. The van der Waals surface area contributed by atoms with E-state index in [1.807, 2.05) is 35.7 Å². The minimum Gasteiger partial charge on any atom is -0.497 e. The maximum absolute atomic E-state index is 12.3. The average Bonchev–Trinajstić information content (AvgIpc) is 3.25. The molecule has 3 aromatic rings. The highest BCUT2D eigenvalue weighted by molar-refractivity contribution is 7.14. The van der Waals surface area contributed by atoms with E-state index in [1.54, 1.807) is 34.5 Å². The lowest BCUT2D eigenvalue weighted by atomic mass is 10.1. The summed E-state index contributed by atoms with van der Waals surface area (Å²) in [7, 11) is 6.34. The van der Waals surface area contributed by atoms with Gasteiger partial charge in [0.05, 0.1) is 34.1 Å². The molecule has 0 aliphatic carbocycles. The number of hydrogen-bond acceptors (Lipinski definition) is 7. The van der Waals surface area contributed by atoms with Crippen LogP contribution in [0.4, 0.5) is 9.93 Å². The number of ether oxygens (including phenoxy) is 4. The fourth-order valence-corrected chi connectivity index (χ4v) is 3.49. The highest BCUT2D eigenvalue weighted by atomic mass is 32.1. The molecule has 0 spiro atoms. The molecule has 3 rings (SSSR count). The van der Waals surface area contributed by atoms with Crippen molar-refractivity contribution >= 4 is 22.5 Å². The zero-order valence-corrected chi connectivity index (χ0v) is 18.0. The lowest BCUT2D eigenvalue weighted by Gasteiger charge is -2.10. The molecule has 0 radical (unpaired) electrons. The molecule has 158 valence electrons. The number of amides is 2. The summed E-state index contributed by atoms with van der Waals surface area (Å²) in [4.78, 5) is 16.8. The Labute approximate surface area is 178 Å². The van der Waals surface area contributed by atoms with Gasteiger partial charge in [0.1, 0.15) is 11.5 Å². The number of urea groups is 1. The molecule has 0 aliphatic rings. The Hall–Kier alpha value is -3.46. The van der Waals surface area contributed by atoms with Crippen LogP contribution in [0.5, 0.6) is 23.0 Å². The minimum absolute atomic E-state index is 0.328. The molecule has 30 heavy (non-hydrogen) atoms. The van der Waals surface area contributed by atoms with E-state index in [-0.39, 0.29) is 6.03 Å². The molecule has 0 bridgehead atoms. The van der Waals surface area contributed by atoms with Gasteiger partial charge in [-0.1, -0.05) is 6.07 Å². The third-order valence-electron chi connectivity index (χ3n) is 4.31. The Bertz CT molecular complexity index is 1020. The first-order chi connectivity index (χ1) is 14.6.